The summed E-state index contributed by atoms with van der Waals surface area (Å²) < 4.78 is 6.57. The van der Waals surface area contributed by atoms with Crippen LogP contribution >= 0.6 is 0 Å². The lowest BCUT2D eigenvalue weighted by molar-refractivity contribution is -0.146. The first-order valence-electron chi connectivity index (χ1n) is 14.4. The molecule has 1 aliphatic heterocycles. The van der Waals surface area contributed by atoms with Crippen LogP contribution in [0.1, 0.15) is 47.9 Å². The van der Waals surface area contributed by atoms with Crippen molar-refractivity contribution in [1.29, 1.82) is 0 Å². The number of fused-ring (bicyclic) bond motifs is 1. The number of hydroxylamine groups is 2. The lowest BCUT2D eigenvalue weighted by Crippen LogP contribution is -2.47. The molecule has 218 valence electrons. The van der Waals surface area contributed by atoms with E-state index in [1.807, 2.05) is 85.8 Å². The van der Waals surface area contributed by atoms with Crippen LogP contribution in [-0.4, -0.2) is 59.4 Å². The Balaban J connectivity index is 1.56. The average Bonchev–Trinajstić information content (AvgIpc) is 3.02. The Kier molecular flexibility index (Phi) is 9.31. The van der Waals surface area contributed by atoms with Crippen LogP contribution in [0.15, 0.2) is 89.7 Å². The smallest absolute Gasteiger partial charge is 0.433 e. The van der Waals surface area contributed by atoms with Crippen molar-refractivity contribution in [2.75, 3.05) is 32.8 Å². The number of nitrogens with zero attached hydrogens (tertiary/aromatic N) is 3. The first kappa shape index (κ1) is 29.0. The number of amides is 1. The molecule has 0 bridgehead atoms. The predicted molar refractivity (Wildman–Crippen MR) is 161 cm³/mol. The monoisotopic (exact) mass is 568 g/mol. The molecule has 0 saturated carbocycles. The maximum absolute atomic E-state index is 14.3. The highest BCUT2D eigenvalue weighted by atomic mass is 16.8. The highest BCUT2D eigenvalue weighted by Crippen LogP contribution is 2.26. The second-order valence-electron chi connectivity index (χ2n) is 10.2. The van der Waals surface area contributed by atoms with Crippen molar-refractivity contribution < 1.29 is 19.2 Å². The third-order valence-corrected chi connectivity index (χ3v) is 7.52. The number of piperazine rings is 1. The zero-order chi connectivity index (χ0) is 29.5. The third kappa shape index (κ3) is 6.37. The van der Waals surface area contributed by atoms with E-state index in [9.17, 15) is 14.4 Å². The minimum Gasteiger partial charge on any atom is -0.433 e. The van der Waals surface area contributed by atoms with E-state index in [0.717, 1.165) is 5.56 Å². The molecule has 1 atom stereocenters. The van der Waals surface area contributed by atoms with E-state index in [1.54, 1.807) is 22.6 Å². The largest absolute Gasteiger partial charge is 0.527 e. The number of hydrogen-bond donors (Lipinski definition) is 1. The molecule has 1 amide bonds. The van der Waals surface area contributed by atoms with Crippen LogP contribution in [0.2, 0.25) is 0 Å². The highest BCUT2D eigenvalue weighted by molar-refractivity contribution is 6.08. The molecule has 0 radical (unpaired) electrons. The fraction of sp³-hybridized carbons (Fsp3) is 0.303. The quantitative estimate of drug-likeness (QED) is 0.282. The van der Waals surface area contributed by atoms with Crippen molar-refractivity contribution in [3.63, 3.8) is 0 Å². The summed E-state index contributed by atoms with van der Waals surface area (Å²) in [6.07, 6.45) is -0.00900. The lowest BCUT2D eigenvalue weighted by Gasteiger charge is -2.34. The van der Waals surface area contributed by atoms with Gasteiger partial charge in [-0.15, -0.1) is 5.06 Å². The molecule has 9 heteroatoms. The molecule has 1 fully saturated rings. The van der Waals surface area contributed by atoms with Gasteiger partial charge in [-0.2, -0.15) is 0 Å². The van der Waals surface area contributed by atoms with Crippen LogP contribution in [-0.2, 0) is 16.1 Å². The Bertz CT molecular complexity index is 1580. The molecule has 9 nitrogen and oxygen atoms in total. The summed E-state index contributed by atoms with van der Waals surface area (Å²) in [7, 11) is 0. The SMILES string of the molecule is CCOC(=O)ON1CCN(Cc2c(C(=O)NC(CC)c3ccccc3)c3ccccc3c(=O)n2-c2ccccc2)CC1. The Morgan fingerprint density at radius 1 is 0.833 bits per heavy atom. The fourth-order valence-corrected chi connectivity index (χ4v) is 5.43. The number of carbonyl (C=O) groups is 2. The summed E-state index contributed by atoms with van der Waals surface area (Å²) in [6.45, 7) is 6.43. The summed E-state index contributed by atoms with van der Waals surface area (Å²) in [5.74, 6) is -0.231. The van der Waals surface area contributed by atoms with Gasteiger partial charge in [0.05, 0.1) is 23.9 Å². The molecule has 0 spiro atoms. The molecule has 42 heavy (non-hydrogen) atoms. The van der Waals surface area contributed by atoms with E-state index < -0.39 is 6.16 Å². The Morgan fingerprint density at radius 3 is 2.10 bits per heavy atom. The summed E-state index contributed by atoms with van der Waals surface area (Å²) in [5.41, 5.74) is 2.63. The van der Waals surface area contributed by atoms with E-state index in [1.165, 1.54) is 0 Å². The van der Waals surface area contributed by atoms with Gasteiger partial charge in [0.2, 0.25) is 0 Å². The molecular formula is C33H36N4O5. The molecule has 2 heterocycles. The average molecular weight is 569 g/mol. The number of para-hydroxylation sites is 1. The van der Waals surface area contributed by atoms with Crippen LogP contribution in [0.4, 0.5) is 4.79 Å². The number of ether oxygens (including phenoxy) is 1. The Hall–Kier alpha value is -4.47. The van der Waals surface area contributed by atoms with Crippen molar-refractivity contribution in [2.45, 2.75) is 32.9 Å². The fourth-order valence-electron chi connectivity index (χ4n) is 5.43. The van der Waals surface area contributed by atoms with Gasteiger partial charge in [0, 0.05) is 49.2 Å². The maximum Gasteiger partial charge on any atom is 0.527 e. The van der Waals surface area contributed by atoms with Crippen molar-refractivity contribution in [2.24, 2.45) is 0 Å². The zero-order valence-electron chi connectivity index (χ0n) is 24.0. The first-order chi connectivity index (χ1) is 20.5. The van der Waals surface area contributed by atoms with Gasteiger partial charge in [-0.05, 0) is 37.1 Å². The highest BCUT2D eigenvalue weighted by Gasteiger charge is 2.28. The molecule has 4 aromatic rings. The van der Waals surface area contributed by atoms with Gasteiger partial charge in [0.1, 0.15) is 0 Å². The van der Waals surface area contributed by atoms with E-state index in [0.29, 0.717) is 66.9 Å². The van der Waals surface area contributed by atoms with Crippen molar-refractivity contribution in [3.8, 4) is 5.69 Å². The predicted octanol–water partition coefficient (Wildman–Crippen LogP) is 5.08. The lowest BCUT2D eigenvalue weighted by atomic mass is 9.99. The van der Waals surface area contributed by atoms with Crippen LogP contribution in [0.3, 0.4) is 0 Å². The molecule has 1 N–H and O–H groups in total. The maximum atomic E-state index is 14.3. The topological polar surface area (TPSA) is 93.1 Å². The standard InChI is InChI=1S/C33H36N4O5/c1-3-28(24-13-7-5-8-14-24)34-31(38)30-26-17-11-12-18-27(26)32(39)37(25-15-9-6-10-16-25)29(30)23-35-19-21-36(22-20-35)42-33(40)41-4-2/h5-18,28H,3-4,19-23H2,1-2H3,(H,34,38). The Morgan fingerprint density at radius 2 is 1.45 bits per heavy atom. The molecule has 3 aromatic carbocycles. The summed E-state index contributed by atoms with van der Waals surface area (Å²) in [6, 6.07) is 26.4. The number of aromatic nitrogens is 1. The number of hydrogen-bond acceptors (Lipinski definition) is 7. The van der Waals surface area contributed by atoms with Gasteiger partial charge >= 0.3 is 6.16 Å². The second-order valence-corrected chi connectivity index (χ2v) is 10.2. The number of pyridine rings is 1. The molecule has 1 aromatic heterocycles. The van der Waals surface area contributed by atoms with Crippen molar-refractivity contribution in [1.82, 2.24) is 19.8 Å². The second kappa shape index (κ2) is 13.5. The van der Waals surface area contributed by atoms with Crippen molar-refractivity contribution >= 4 is 22.8 Å². The van der Waals surface area contributed by atoms with Crippen LogP contribution < -0.4 is 10.9 Å². The number of benzene rings is 3. The number of carbonyl (C=O) groups excluding carboxylic acids is 2. The zero-order valence-corrected chi connectivity index (χ0v) is 24.0. The summed E-state index contributed by atoms with van der Waals surface area (Å²) in [4.78, 5) is 47.6. The minimum absolute atomic E-state index is 0.178. The van der Waals surface area contributed by atoms with Gasteiger partial charge in [-0.25, -0.2) is 4.79 Å². The normalized spacial score (nSPS) is 14.8. The van der Waals surface area contributed by atoms with Crippen molar-refractivity contribution in [3.05, 3.63) is 112 Å². The Labute approximate surface area is 245 Å². The van der Waals surface area contributed by atoms with Gasteiger partial charge in [-0.3, -0.25) is 19.1 Å². The van der Waals surface area contributed by atoms with Crippen LogP contribution in [0.25, 0.3) is 16.5 Å². The minimum atomic E-state index is -0.721. The molecule has 1 saturated heterocycles. The molecular weight excluding hydrogens is 532 g/mol. The van der Waals surface area contributed by atoms with Crippen LogP contribution in [0, 0.1) is 0 Å². The summed E-state index contributed by atoms with van der Waals surface area (Å²) in [5, 5.41) is 5.94. The van der Waals surface area contributed by atoms with E-state index in [-0.39, 0.29) is 24.1 Å². The molecule has 1 unspecified atom stereocenters. The molecule has 1 aliphatic rings. The van der Waals surface area contributed by atoms with Gasteiger partial charge in [0.15, 0.2) is 0 Å². The van der Waals surface area contributed by atoms with Gasteiger partial charge < -0.3 is 14.9 Å². The van der Waals surface area contributed by atoms with E-state index >= 15 is 0 Å². The number of rotatable bonds is 9. The van der Waals surface area contributed by atoms with Gasteiger partial charge in [-0.1, -0.05) is 73.7 Å². The van der Waals surface area contributed by atoms with Crippen LogP contribution in [0.5, 0.6) is 0 Å². The van der Waals surface area contributed by atoms with Gasteiger partial charge in [0.25, 0.3) is 11.5 Å². The molecule has 5 rings (SSSR count). The third-order valence-electron chi connectivity index (χ3n) is 7.52. The van der Waals surface area contributed by atoms with E-state index in [4.69, 9.17) is 9.57 Å². The number of nitrogens with one attached hydrogen (secondary N) is 1. The summed E-state index contributed by atoms with van der Waals surface area (Å²) >= 11 is 0. The first-order valence-corrected chi connectivity index (χ1v) is 14.4. The molecule has 0 aliphatic carbocycles. The van der Waals surface area contributed by atoms with E-state index in [2.05, 4.69) is 10.2 Å².